The van der Waals surface area contributed by atoms with Crippen molar-refractivity contribution < 1.29 is 23.8 Å². The van der Waals surface area contributed by atoms with Gasteiger partial charge in [-0.1, -0.05) is 15.9 Å². The highest BCUT2D eigenvalue weighted by molar-refractivity contribution is 9.10. The van der Waals surface area contributed by atoms with E-state index >= 15 is 0 Å². The Balaban J connectivity index is 2.72. The van der Waals surface area contributed by atoms with E-state index in [1.807, 2.05) is 0 Å². The minimum Gasteiger partial charge on any atom is -0.465 e. The van der Waals surface area contributed by atoms with E-state index < -0.39 is 17.7 Å². The van der Waals surface area contributed by atoms with Gasteiger partial charge >= 0.3 is 12.1 Å². The summed E-state index contributed by atoms with van der Waals surface area (Å²) in [7, 11) is 2.78. The van der Waals surface area contributed by atoms with Gasteiger partial charge in [-0.05, 0) is 32.9 Å². The molecule has 24 heavy (non-hydrogen) atoms. The van der Waals surface area contributed by atoms with Crippen molar-refractivity contribution >= 4 is 39.0 Å². The fraction of sp³-hybridized carbons (Fsp3) is 0.438. The van der Waals surface area contributed by atoms with Crippen molar-refractivity contribution in [3.63, 3.8) is 0 Å². The molecular weight excluding hydrogens is 380 g/mol. The van der Waals surface area contributed by atoms with Gasteiger partial charge in [0.2, 0.25) is 0 Å². The molecule has 0 amide bonds. The lowest BCUT2D eigenvalue weighted by Crippen LogP contribution is -2.28. The third kappa shape index (κ3) is 3.76. The predicted octanol–water partition coefficient (Wildman–Crippen LogP) is 3.52. The van der Waals surface area contributed by atoms with Crippen molar-refractivity contribution in [2.75, 3.05) is 14.2 Å². The number of esters is 1. The normalized spacial score (nSPS) is 11.6. The maximum absolute atomic E-state index is 12.6. The van der Waals surface area contributed by atoms with Crippen LogP contribution in [0.1, 0.15) is 37.0 Å². The highest BCUT2D eigenvalue weighted by Crippen LogP contribution is 2.27. The van der Waals surface area contributed by atoms with Crippen LogP contribution in [-0.4, -0.2) is 41.4 Å². The Bertz CT molecular complexity index is 792. The summed E-state index contributed by atoms with van der Waals surface area (Å²) in [6.07, 6.45) is -0.592. The van der Waals surface area contributed by atoms with Gasteiger partial charge in [0.25, 0.3) is 0 Å². The Kier molecular flexibility index (Phi) is 5.29. The number of fused-ring (bicyclic) bond motifs is 1. The van der Waals surface area contributed by atoms with Crippen LogP contribution in [-0.2, 0) is 20.8 Å². The minimum atomic E-state index is -0.671. The minimum absolute atomic E-state index is 0.0894. The van der Waals surface area contributed by atoms with E-state index in [0.29, 0.717) is 21.3 Å². The molecule has 0 unspecified atom stereocenters. The molecule has 130 valence electrons. The van der Waals surface area contributed by atoms with E-state index in [1.54, 1.807) is 32.9 Å². The first-order valence-corrected chi connectivity index (χ1v) is 7.98. The second-order valence-electron chi connectivity index (χ2n) is 6.09. The second-order valence-corrected chi connectivity index (χ2v) is 7.01. The number of imidazole rings is 1. The molecule has 0 atom stereocenters. The zero-order chi connectivity index (χ0) is 18.1. The van der Waals surface area contributed by atoms with Gasteiger partial charge in [-0.2, -0.15) is 0 Å². The van der Waals surface area contributed by atoms with Crippen molar-refractivity contribution in [3.05, 3.63) is 28.0 Å². The molecule has 0 bridgehead atoms. The van der Waals surface area contributed by atoms with Gasteiger partial charge in [-0.25, -0.2) is 19.1 Å². The number of carbonyl (C=O) groups excluding carboxylic acids is 2. The summed E-state index contributed by atoms with van der Waals surface area (Å²) in [5.41, 5.74) is 0.366. The van der Waals surface area contributed by atoms with E-state index in [0.717, 1.165) is 0 Å². The number of carbonyl (C=O) groups is 2. The maximum atomic E-state index is 12.6. The molecule has 0 saturated carbocycles. The third-order valence-electron chi connectivity index (χ3n) is 3.05. The Morgan fingerprint density at radius 3 is 2.46 bits per heavy atom. The summed E-state index contributed by atoms with van der Waals surface area (Å²) in [6.45, 7) is 5.41. The first-order chi connectivity index (χ1) is 11.2. The molecule has 0 fully saturated rings. The SMILES string of the molecule is COCc1nc2c(C(=O)OC)cc(Br)cc2n1C(=O)OC(C)(C)C. The molecule has 8 heteroatoms. The number of benzene rings is 1. The van der Waals surface area contributed by atoms with Crippen molar-refractivity contribution in [2.45, 2.75) is 33.0 Å². The summed E-state index contributed by atoms with van der Waals surface area (Å²) in [5.74, 6) is -0.205. The second kappa shape index (κ2) is 6.90. The summed E-state index contributed by atoms with van der Waals surface area (Å²) >= 11 is 3.34. The lowest BCUT2D eigenvalue weighted by molar-refractivity contribution is 0.0525. The summed E-state index contributed by atoms with van der Waals surface area (Å²) in [6, 6.07) is 3.29. The van der Waals surface area contributed by atoms with Gasteiger partial charge in [-0.3, -0.25) is 0 Å². The molecule has 0 aliphatic heterocycles. The standard InChI is InChI=1S/C16H19BrN2O5/c1-16(2,3)24-15(21)19-11-7-9(17)6-10(14(20)23-5)13(11)18-12(19)8-22-4/h6-7H,8H2,1-5H3. The van der Waals surface area contributed by atoms with Crippen LogP contribution in [0.2, 0.25) is 0 Å². The molecule has 0 aliphatic rings. The molecule has 0 N–H and O–H groups in total. The Morgan fingerprint density at radius 2 is 1.92 bits per heavy atom. The van der Waals surface area contributed by atoms with E-state index in [4.69, 9.17) is 14.2 Å². The van der Waals surface area contributed by atoms with Crippen LogP contribution in [0.4, 0.5) is 4.79 Å². The monoisotopic (exact) mass is 398 g/mol. The van der Waals surface area contributed by atoms with Crippen LogP contribution in [0.25, 0.3) is 11.0 Å². The predicted molar refractivity (Wildman–Crippen MR) is 91.1 cm³/mol. The van der Waals surface area contributed by atoms with Crippen LogP contribution in [0.15, 0.2) is 16.6 Å². The summed E-state index contributed by atoms with van der Waals surface area (Å²) in [4.78, 5) is 29.0. The fourth-order valence-electron chi connectivity index (χ4n) is 2.19. The molecule has 2 rings (SSSR count). The van der Waals surface area contributed by atoms with Gasteiger partial charge in [0, 0.05) is 11.6 Å². The largest absolute Gasteiger partial charge is 0.465 e. The van der Waals surface area contributed by atoms with Gasteiger partial charge < -0.3 is 14.2 Å². The number of aromatic nitrogens is 2. The van der Waals surface area contributed by atoms with Gasteiger partial charge in [-0.15, -0.1) is 0 Å². The molecule has 0 radical (unpaired) electrons. The first kappa shape index (κ1) is 18.4. The van der Waals surface area contributed by atoms with E-state index in [-0.39, 0.29) is 12.2 Å². The topological polar surface area (TPSA) is 79.7 Å². The highest BCUT2D eigenvalue weighted by Gasteiger charge is 2.26. The van der Waals surface area contributed by atoms with Gasteiger partial charge in [0.15, 0.2) is 0 Å². The molecule has 0 spiro atoms. The number of halogens is 1. The Morgan fingerprint density at radius 1 is 1.25 bits per heavy atom. The van der Waals surface area contributed by atoms with Crippen molar-refractivity contribution in [1.29, 1.82) is 0 Å². The number of hydrogen-bond acceptors (Lipinski definition) is 6. The molecule has 1 heterocycles. The molecule has 1 aromatic heterocycles. The molecule has 1 aromatic carbocycles. The Labute approximate surface area is 148 Å². The number of hydrogen-bond donors (Lipinski definition) is 0. The quantitative estimate of drug-likeness (QED) is 0.735. The van der Waals surface area contributed by atoms with E-state index in [9.17, 15) is 9.59 Å². The van der Waals surface area contributed by atoms with Crippen LogP contribution >= 0.6 is 15.9 Å². The fourth-order valence-corrected chi connectivity index (χ4v) is 2.64. The van der Waals surface area contributed by atoms with E-state index in [2.05, 4.69) is 20.9 Å². The number of ether oxygens (including phenoxy) is 3. The van der Waals surface area contributed by atoms with Crippen molar-refractivity contribution in [1.82, 2.24) is 9.55 Å². The average molecular weight is 399 g/mol. The molecule has 2 aromatic rings. The molecule has 0 saturated heterocycles. The van der Waals surface area contributed by atoms with E-state index in [1.165, 1.54) is 18.8 Å². The zero-order valence-electron chi connectivity index (χ0n) is 14.2. The lowest BCUT2D eigenvalue weighted by Gasteiger charge is -2.20. The molecule has 7 nitrogen and oxygen atoms in total. The molecular formula is C16H19BrN2O5. The lowest BCUT2D eigenvalue weighted by atomic mass is 10.2. The summed E-state index contributed by atoms with van der Waals surface area (Å²) in [5, 5.41) is 0. The number of methoxy groups -OCH3 is 2. The third-order valence-corrected chi connectivity index (χ3v) is 3.51. The van der Waals surface area contributed by atoms with Crippen LogP contribution in [0.5, 0.6) is 0 Å². The smallest absolute Gasteiger partial charge is 0.420 e. The molecule has 0 aliphatic carbocycles. The van der Waals surface area contributed by atoms with Crippen LogP contribution < -0.4 is 0 Å². The first-order valence-electron chi connectivity index (χ1n) is 7.19. The van der Waals surface area contributed by atoms with Gasteiger partial charge in [0.05, 0.1) is 18.2 Å². The van der Waals surface area contributed by atoms with Crippen molar-refractivity contribution in [2.24, 2.45) is 0 Å². The number of nitrogens with zero attached hydrogens (tertiary/aromatic N) is 2. The highest BCUT2D eigenvalue weighted by atomic mass is 79.9. The number of rotatable bonds is 3. The Hall–Kier alpha value is -1.93. The average Bonchev–Trinajstić information content (AvgIpc) is 2.82. The van der Waals surface area contributed by atoms with Crippen LogP contribution in [0, 0.1) is 0 Å². The zero-order valence-corrected chi connectivity index (χ0v) is 15.8. The van der Waals surface area contributed by atoms with Gasteiger partial charge in [0.1, 0.15) is 23.5 Å². The van der Waals surface area contributed by atoms with Crippen molar-refractivity contribution in [3.8, 4) is 0 Å². The summed E-state index contributed by atoms with van der Waals surface area (Å²) < 4.78 is 17.3. The van der Waals surface area contributed by atoms with Crippen LogP contribution in [0.3, 0.4) is 0 Å². The maximum Gasteiger partial charge on any atom is 0.420 e.